The highest BCUT2D eigenvalue weighted by molar-refractivity contribution is 7.93. The van der Waals surface area contributed by atoms with E-state index in [4.69, 9.17) is 32.7 Å². The third-order valence-corrected chi connectivity index (χ3v) is 8.56. The van der Waals surface area contributed by atoms with E-state index in [1.54, 1.807) is 64.3 Å². The largest absolute Gasteiger partial charge is 0.497 e. The van der Waals surface area contributed by atoms with Gasteiger partial charge in [0.25, 0.3) is 10.0 Å². The van der Waals surface area contributed by atoms with E-state index in [1.165, 1.54) is 18.2 Å². The van der Waals surface area contributed by atoms with Gasteiger partial charge < -0.3 is 9.47 Å². The summed E-state index contributed by atoms with van der Waals surface area (Å²) in [6.07, 6.45) is 0.768. The Bertz CT molecular complexity index is 1710. The first-order valence-electron chi connectivity index (χ1n) is 13.2. The van der Waals surface area contributed by atoms with Gasteiger partial charge in [-0.25, -0.2) is 8.42 Å². The van der Waals surface area contributed by atoms with Crippen LogP contribution in [0.3, 0.4) is 0 Å². The van der Waals surface area contributed by atoms with Crippen molar-refractivity contribution in [2.75, 3.05) is 18.0 Å². The van der Waals surface area contributed by atoms with Crippen LogP contribution in [0.15, 0.2) is 83.8 Å². The van der Waals surface area contributed by atoms with E-state index in [0.29, 0.717) is 22.8 Å². The number of aryl methyl sites for hydroxylation is 1. The molecule has 0 unspecified atom stereocenters. The molecule has 0 radical (unpaired) electrons. The second kappa shape index (κ2) is 12.7. The molecule has 0 N–H and O–H groups in total. The summed E-state index contributed by atoms with van der Waals surface area (Å²) in [5.41, 5.74) is 0.802. The molecule has 4 aromatic carbocycles. The van der Waals surface area contributed by atoms with Gasteiger partial charge in [0.2, 0.25) is 0 Å². The number of rotatable bonds is 10. The summed E-state index contributed by atoms with van der Waals surface area (Å²) in [7, 11) is -2.76. The van der Waals surface area contributed by atoms with Gasteiger partial charge in [-0.1, -0.05) is 65.7 Å². The van der Waals surface area contributed by atoms with Gasteiger partial charge in [-0.3, -0.25) is 13.9 Å². The number of nitrogens with zero attached hydrogens (tertiary/aromatic N) is 1. The van der Waals surface area contributed by atoms with Crippen molar-refractivity contribution in [2.45, 2.75) is 44.1 Å². The number of benzene rings is 4. The maximum absolute atomic E-state index is 14.0. The Morgan fingerprint density at radius 1 is 0.857 bits per heavy atom. The highest BCUT2D eigenvalue weighted by atomic mass is 35.5. The van der Waals surface area contributed by atoms with Crippen LogP contribution in [0.2, 0.25) is 10.0 Å². The standard InChI is InChI=1S/C32H31Cl2NO6S/c1-32(2,3)41-31(37)20-35(42(38,39)25-18-22(33)17-23(34)19-25)29-10-6-7-26-27(29)8-5-9-28(26)30(36)16-13-21-11-14-24(40-4)15-12-21/h5-12,14-15,17-19H,13,16,20H2,1-4H3. The molecule has 0 saturated heterocycles. The van der Waals surface area contributed by atoms with E-state index < -0.39 is 28.1 Å². The predicted octanol–water partition coefficient (Wildman–Crippen LogP) is 7.51. The number of ether oxygens (including phenoxy) is 2. The summed E-state index contributed by atoms with van der Waals surface area (Å²) in [5, 5.41) is 1.29. The normalized spacial score (nSPS) is 11.8. The zero-order valence-electron chi connectivity index (χ0n) is 23.7. The zero-order valence-corrected chi connectivity index (χ0v) is 26.0. The van der Waals surface area contributed by atoms with Crippen LogP contribution in [-0.2, 0) is 26.0 Å². The van der Waals surface area contributed by atoms with E-state index in [1.807, 2.05) is 24.3 Å². The molecule has 0 saturated carbocycles. The quantitative estimate of drug-likeness (QED) is 0.133. The van der Waals surface area contributed by atoms with Crippen molar-refractivity contribution in [1.82, 2.24) is 0 Å². The lowest BCUT2D eigenvalue weighted by molar-refractivity contribution is -0.152. The monoisotopic (exact) mass is 627 g/mol. The number of hydrogen-bond acceptors (Lipinski definition) is 6. The van der Waals surface area contributed by atoms with Crippen LogP contribution >= 0.6 is 23.2 Å². The smallest absolute Gasteiger partial charge is 0.327 e. The summed E-state index contributed by atoms with van der Waals surface area (Å²) in [4.78, 5) is 26.2. The molecular formula is C32H31Cl2NO6S. The van der Waals surface area contributed by atoms with Crippen molar-refractivity contribution in [2.24, 2.45) is 0 Å². The summed E-state index contributed by atoms with van der Waals surface area (Å²) in [5.74, 6) is -0.114. The molecule has 0 heterocycles. The minimum absolute atomic E-state index is 0.100. The Labute approximate surface area is 256 Å². The molecule has 0 aromatic heterocycles. The summed E-state index contributed by atoms with van der Waals surface area (Å²) >= 11 is 12.3. The van der Waals surface area contributed by atoms with Crippen LogP contribution in [-0.4, -0.2) is 39.4 Å². The zero-order chi connectivity index (χ0) is 30.7. The predicted molar refractivity (Wildman–Crippen MR) is 166 cm³/mol. The summed E-state index contributed by atoms with van der Waals surface area (Å²) in [6, 6.07) is 21.6. The fraction of sp³-hybridized carbons (Fsp3) is 0.250. The van der Waals surface area contributed by atoms with Crippen LogP contribution in [0.1, 0.15) is 43.1 Å². The lowest BCUT2D eigenvalue weighted by Gasteiger charge is -2.27. The molecule has 0 amide bonds. The molecule has 220 valence electrons. The number of Topliss-reactive ketones (excluding diaryl/α,β-unsaturated/α-hetero) is 1. The average molecular weight is 629 g/mol. The summed E-state index contributed by atoms with van der Waals surface area (Å²) in [6.45, 7) is 4.48. The number of anilines is 1. The molecule has 0 fully saturated rings. The van der Waals surface area contributed by atoms with E-state index in [-0.39, 0.29) is 32.8 Å². The van der Waals surface area contributed by atoms with Gasteiger partial charge in [-0.2, -0.15) is 0 Å². The van der Waals surface area contributed by atoms with Crippen LogP contribution in [0.5, 0.6) is 5.75 Å². The number of carbonyl (C=O) groups excluding carboxylic acids is 2. The number of hydrogen-bond donors (Lipinski definition) is 0. The molecule has 4 rings (SSSR count). The topological polar surface area (TPSA) is 90.0 Å². The van der Waals surface area contributed by atoms with Crippen molar-refractivity contribution in [1.29, 1.82) is 0 Å². The Morgan fingerprint density at radius 2 is 1.48 bits per heavy atom. The van der Waals surface area contributed by atoms with E-state index in [0.717, 1.165) is 15.6 Å². The molecule has 0 aliphatic rings. The maximum Gasteiger partial charge on any atom is 0.327 e. The van der Waals surface area contributed by atoms with Crippen LogP contribution in [0.4, 0.5) is 5.69 Å². The molecular weight excluding hydrogens is 597 g/mol. The minimum atomic E-state index is -4.36. The average Bonchev–Trinajstić information content (AvgIpc) is 2.93. The van der Waals surface area contributed by atoms with E-state index in [2.05, 4.69) is 0 Å². The molecule has 0 bridgehead atoms. The molecule has 0 spiro atoms. The van der Waals surface area contributed by atoms with Crippen molar-refractivity contribution < 1.29 is 27.5 Å². The summed E-state index contributed by atoms with van der Waals surface area (Å²) < 4.78 is 39.7. The van der Waals surface area contributed by atoms with Crippen molar-refractivity contribution in [3.63, 3.8) is 0 Å². The molecule has 0 aliphatic carbocycles. The first-order valence-corrected chi connectivity index (χ1v) is 15.4. The fourth-order valence-electron chi connectivity index (χ4n) is 4.53. The Hall–Kier alpha value is -3.59. The number of fused-ring (bicyclic) bond motifs is 1. The molecule has 7 nitrogen and oxygen atoms in total. The molecule has 4 aromatic rings. The first-order chi connectivity index (χ1) is 19.8. The highest BCUT2D eigenvalue weighted by Gasteiger charge is 2.31. The van der Waals surface area contributed by atoms with Gasteiger partial charge in [-0.05, 0) is 74.5 Å². The molecule has 42 heavy (non-hydrogen) atoms. The fourth-order valence-corrected chi connectivity index (χ4v) is 6.69. The number of halogens is 2. The van der Waals surface area contributed by atoms with Gasteiger partial charge in [0.1, 0.15) is 17.9 Å². The van der Waals surface area contributed by atoms with Crippen LogP contribution < -0.4 is 9.04 Å². The third kappa shape index (κ3) is 7.43. The van der Waals surface area contributed by atoms with Gasteiger partial charge >= 0.3 is 5.97 Å². The number of esters is 1. The van der Waals surface area contributed by atoms with E-state index >= 15 is 0 Å². The van der Waals surface area contributed by atoms with Crippen molar-refractivity contribution in [3.8, 4) is 5.75 Å². The Morgan fingerprint density at radius 3 is 2.10 bits per heavy atom. The van der Waals surface area contributed by atoms with Gasteiger partial charge in [0.15, 0.2) is 5.78 Å². The lowest BCUT2D eigenvalue weighted by atomic mass is 9.96. The first kappa shape index (κ1) is 31.3. The molecule has 0 aliphatic heterocycles. The van der Waals surface area contributed by atoms with Crippen LogP contribution in [0.25, 0.3) is 10.8 Å². The Balaban J connectivity index is 1.76. The minimum Gasteiger partial charge on any atom is -0.497 e. The molecule has 0 atom stereocenters. The van der Waals surface area contributed by atoms with Crippen molar-refractivity contribution in [3.05, 3.63) is 100 Å². The second-order valence-electron chi connectivity index (χ2n) is 10.7. The second-order valence-corrected chi connectivity index (χ2v) is 13.4. The number of ketones is 1. The van der Waals surface area contributed by atoms with Crippen LogP contribution in [0, 0.1) is 0 Å². The van der Waals surface area contributed by atoms with Crippen molar-refractivity contribution >= 4 is 61.4 Å². The highest BCUT2D eigenvalue weighted by Crippen LogP contribution is 2.34. The number of carbonyl (C=O) groups is 2. The molecule has 10 heteroatoms. The van der Waals surface area contributed by atoms with E-state index in [9.17, 15) is 18.0 Å². The maximum atomic E-state index is 14.0. The van der Waals surface area contributed by atoms with Gasteiger partial charge in [0, 0.05) is 27.4 Å². The number of methoxy groups -OCH3 is 1. The lowest BCUT2D eigenvalue weighted by Crippen LogP contribution is -2.39. The Kier molecular flexibility index (Phi) is 9.50. The van der Waals surface area contributed by atoms with Gasteiger partial charge in [0.05, 0.1) is 17.7 Å². The SMILES string of the molecule is COc1ccc(CCC(=O)c2cccc3c(N(CC(=O)OC(C)(C)C)S(=O)(=O)c4cc(Cl)cc(Cl)c4)cccc23)cc1. The third-order valence-electron chi connectivity index (χ3n) is 6.38. The number of sulfonamides is 1. The van der Waals surface area contributed by atoms with Gasteiger partial charge in [-0.15, -0.1) is 0 Å².